The molecule has 0 unspecified atom stereocenters. The Bertz CT molecular complexity index is 933. The number of carbonyl (C=O) groups excluding carboxylic acids is 4. The number of nitrogens with zero attached hydrogens (tertiary/aromatic N) is 3. The van der Waals surface area contributed by atoms with Crippen molar-refractivity contribution in [3.8, 4) is 0 Å². The number of thioether (sulfide) groups is 1. The van der Waals surface area contributed by atoms with Gasteiger partial charge in [-0.15, -0.1) is 0 Å². The molecule has 18 heteroatoms. The summed E-state index contributed by atoms with van der Waals surface area (Å²) in [4.78, 5) is 49.6. The highest BCUT2D eigenvalue weighted by Crippen LogP contribution is 2.33. The second-order valence-electron chi connectivity index (χ2n) is 10.2. The van der Waals surface area contributed by atoms with Crippen LogP contribution in [0.25, 0.3) is 10.4 Å². The average Bonchev–Trinajstić information content (AvgIpc) is 3.58. The molecular weight excluding hydrogens is 645 g/mol. The van der Waals surface area contributed by atoms with E-state index in [9.17, 15) is 19.2 Å². The fraction of sp³-hybridized carbons (Fsp3) is 0.852. The van der Waals surface area contributed by atoms with Gasteiger partial charge in [0.2, 0.25) is 17.7 Å². The third kappa shape index (κ3) is 19.9. The van der Waals surface area contributed by atoms with Gasteiger partial charge in [-0.05, 0) is 24.8 Å². The van der Waals surface area contributed by atoms with Crippen LogP contribution >= 0.6 is 33.3 Å². The maximum Gasteiger partial charge on any atom is 0.315 e. The van der Waals surface area contributed by atoms with Gasteiger partial charge in [-0.3, -0.25) is 14.4 Å². The van der Waals surface area contributed by atoms with E-state index in [0.29, 0.717) is 96.1 Å². The lowest BCUT2D eigenvalue weighted by atomic mass is 10.0. The van der Waals surface area contributed by atoms with E-state index in [0.717, 1.165) is 30.8 Å². The standard InChI is InChI=1S/C27H48N8O7S3/c28-35-32-9-3-8-29-25(38)7-18-44-45-19-11-31-24(37)6-12-40-14-16-42-17-15-41-13-10-30-23(36)5-2-1-4-22-26-21(20-43-22)33-27(39)34-26/h21-22,26H,1-20H2,(H,29,38)(H,30,36)(H,31,37)(H2,33,34,39)/t21-,22-,26-/m0/s1. The molecule has 0 radical (unpaired) electrons. The molecule has 2 fully saturated rings. The van der Waals surface area contributed by atoms with Gasteiger partial charge in [0.1, 0.15) is 0 Å². The molecule has 2 saturated heterocycles. The number of fused-ring (bicyclic) bond motifs is 1. The van der Waals surface area contributed by atoms with E-state index >= 15 is 0 Å². The molecule has 15 nitrogen and oxygen atoms in total. The fourth-order valence-corrected chi connectivity index (χ4v) is 7.86. The molecule has 2 aliphatic rings. The lowest BCUT2D eigenvalue weighted by molar-refractivity contribution is -0.122. The Morgan fingerprint density at radius 3 is 2.29 bits per heavy atom. The topological polar surface area (TPSA) is 205 Å². The Balaban J connectivity index is 1.24. The molecule has 256 valence electrons. The van der Waals surface area contributed by atoms with Crippen molar-refractivity contribution >= 4 is 57.1 Å². The molecule has 0 aromatic carbocycles. The van der Waals surface area contributed by atoms with E-state index in [1.54, 1.807) is 21.6 Å². The van der Waals surface area contributed by atoms with Crippen molar-refractivity contribution in [2.75, 3.05) is 83.1 Å². The Hall–Kier alpha value is -2.08. The Labute approximate surface area is 277 Å². The van der Waals surface area contributed by atoms with Gasteiger partial charge in [-0.1, -0.05) is 33.1 Å². The first-order valence-electron chi connectivity index (χ1n) is 15.5. The highest BCUT2D eigenvalue weighted by Gasteiger charge is 2.42. The zero-order chi connectivity index (χ0) is 32.4. The van der Waals surface area contributed by atoms with Crippen molar-refractivity contribution in [1.29, 1.82) is 0 Å². The van der Waals surface area contributed by atoms with E-state index in [-0.39, 0.29) is 42.3 Å². The lowest BCUT2D eigenvalue weighted by Gasteiger charge is -2.16. The number of carbonyl (C=O) groups is 4. The van der Waals surface area contributed by atoms with E-state index in [1.807, 2.05) is 11.8 Å². The average molecular weight is 693 g/mol. The number of unbranched alkanes of at least 4 members (excludes halogenated alkanes) is 1. The molecule has 5 amide bonds. The molecule has 0 saturated carbocycles. The normalized spacial score (nSPS) is 18.4. The molecular formula is C27H48N8O7S3. The van der Waals surface area contributed by atoms with E-state index in [2.05, 4.69) is 36.6 Å². The van der Waals surface area contributed by atoms with Gasteiger partial charge in [0, 0.05) is 72.9 Å². The van der Waals surface area contributed by atoms with Gasteiger partial charge in [-0.25, -0.2) is 4.79 Å². The lowest BCUT2D eigenvalue weighted by Crippen LogP contribution is -2.36. The molecule has 0 aliphatic carbocycles. The smallest absolute Gasteiger partial charge is 0.315 e. The van der Waals surface area contributed by atoms with Crippen molar-refractivity contribution in [2.45, 2.75) is 62.3 Å². The first kappa shape index (κ1) is 39.1. The van der Waals surface area contributed by atoms with Crippen LogP contribution < -0.4 is 26.6 Å². The zero-order valence-electron chi connectivity index (χ0n) is 25.8. The summed E-state index contributed by atoms with van der Waals surface area (Å²) in [6.07, 6.45) is 4.62. The van der Waals surface area contributed by atoms with Crippen LogP contribution in [0.5, 0.6) is 0 Å². The summed E-state index contributed by atoms with van der Waals surface area (Å²) in [5.41, 5.74) is 8.19. The predicted octanol–water partition coefficient (Wildman–Crippen LogP) is 1.97. The molecule has 0 spiro atoms. The number of rotatable bonds is 28. The number of amides is 5. The maximum atomic E-state index is 12.0. The minimum atomic E-state index is -0.0685. The van der Waals surface area contributed by atoms with Crippen molar-refractivity contribution in [3.63, 3.8) is 0 Å². The predicted molar refractivity (Wildman–Crippen MR) is 178 cm³/mol. The highest BCUT2D eigenvalue weighted by atomic mass is 33.1. The maximum absolute atomic E-state index is 12.0. The monoisotopic (exact) mass is 692 g/mol. The number of ether oxygens (including phenoxy) is 3. The third-order valence-corrected chi connectivity index (χ3v) is 10.6. The molecule has 5 N–H and O–H groups in total. The van der Waals surface area contributed by atoms with Gasteiger partial charge < -0.3 is 40.8 Å². The molecule has 2 aliphatic heterocycles. The SMILES string of the molecule is [N-]=[N+]=NCCCNC(=O)CCSSCCNC(=O)CCOCCOCCOCCNC(=O)CCCC[C@@H]1SC[C@@H]2NC(=O)N[C@@H]21. The minimum absolute atomic E-state index is 0.0232. The van der Waals surface area contributed by atoms with E-state index in [1.165, 1.54) is 0 Å². The van der Waals surface area contributed by atoms with Crippen LogP contribution in [0.1, 0.15) is 44.9 Å². The number of urea groups is 1. The zero-order valence-corrected chi connectivity index (χ0v) is 28.2. The van der Waals surface area contributed by atoms with Crippen molar-refractivity contribution in [1.82, 2.24) is 26.6 Å². The molecule has 2 rings (SSSR count). The summed E-state index contributed by atoms with van der Waals surface area (Å²) in [5.74, 6) is 2.32. The molecule has 0 aromatic rings. The largest absolute Gasteiger partial charge is 0.379 e. The summed E-state index contributed by atoms with van der Waals surface area (Å²) < 4.78 is 16.4. The molecule has 3 atom stereocenters. The highest BCUT2D eigenvalue weighted by molar-refractivity contribution is 8.76. The van der Waals surface area contributed by atoms with Gasteiger partial charge in [0.25, 0.3) is 0 Å². The second-order valence-corrected chi connectivity index (χ2v) is 14.2. The minimum Gasteiger partial charge on any atom is -0.379 e. The van der Waals surface area contributed by atoms with E-state index in [4.69, 9.17) is 19.7 Å². The van der Waals surface area contributed by atoms with Crippen LogP contribution in [0.15, 0.2) is 5.11 Å². The van der Waals surface area contributed by atoms with Gasteiger partial charge in [-0.2, -0.15) is 11.8 Å². The summed E-state index contributed by atoms with van der Waals surface area (Å²) in [6, 6.07) is 0.383. The molecule has 0 bridgehead atoms. The molecule has 2 heterocycles. The number of azide groups is 1. The number of hydrogen-bond acceptors (Lipinski definition) is 11. The van der Waals surface area contributed by atoms with Gasteiger partial charge >= 0.3 is 6.03 Å². The molecule has 0 aromatic heterocycles. The summed E-state index contributed by atoms with van der Waals surface area (Å²) in [5, 5.41) is 18.3. The first-order valence-corrected chi connectivity index (χ1v) is 19.0. The summed E-state index contributed by atoms with van der Waals surface area (Å²) in [7, 11) is 3.20. The number of nitrogens with one attached hydrogen (secondary N) is 5. The van der Waals surface area contributed by atoms with Crippen LogP contribution in [0, 0.1) is 0 Å². The van der Waals surface area contributed by atoms with Crippen molar-refractivity contribution in [2.24, 2.45) is 5.11 Å². The second kappa shape index (κ2) is 26.0. The Morgan fingerprint density at radius 2 is 1.49 bits per heavy atom. The van der Waals surface area contributed by atoms with Gasteiger partial charge in [0.15, 0.2) is 0 Å². The molecule has 45 heavy (non-hydrogen) atoms. The summed E-state index contributed by atoms with van der Waals surface area (Å²) >= 11 is 1.89. The van der Waals surface area contributed by atoms with Crippen LogP contribution in [0.2, 0.25) is 0 Å². The Morgan fingerprint density at radius 1 is 0.822 bits per heavy atom. The van der Waals surface area contributed by atoms with Crippen LogP contribution in [0.4, 0.5) is 4.79 Å². The first-order chi connectivity index (χ1) is 22.0. The van der Waals surface area contributed by atoms with Crippen LogP contribution in [-0.4, -0.2) is 124 Å². The quantitative estimate of drug-likeness (QED) is 0.0201. The van der Waals surface area contributed by atoms with E-state index < -0.39 is 0 Å². The fourth-order valence-electron chi connectivity index (χ4n) is 4.42. The number of hydrogen-bond donors (Lipinski definition) is 5. The van der Waals surface area contributed by atoms with Crippen molar-refractivity contribution < 1.29 is 33.4 Å². The van der Waals surface area contributed by atoms with Crippen LogP contribution in [-0.2, 0) is 28.6 Å². The third-order valence-electron chi connectivity index (χ3n) is 6.69. The van der Waals surface area contributed by atoms with Crippen molar-refractivity contribution in [3.05, 3.63) is 10.4 Å². The summed E-state index contributed by atoms with van der Waals surface area (Å²) in [6.45, 7) is 4.29. The Kier molecular flexibility index (Phi) is 22.6. The van der Waals surface area contributed by atoms with Gasteiger partial charge in [0.05, 0.1) is 51.7 Å². The van der Waals surface area contributed by atoms with Crippen LogP contribution in [0.3, 0.4) is 0 Å².